The fraction of sp³-hybridized carbons (Fsp3) is 1.00. The summed E-state index contributed by atoms with van der Waals surface area (Å²) in [5.41, 5.74) is 0. The molecule has 1 N–H and O–H groups in total. The Morgan fingerprint density at radius 1 is 1.31 bits per heavy atom. The van der Waals surface area contributed by atoms with Gasteiger partial charge in [-0.25, -0.2) is 0 Å². The lowest BCUT2D eigenvalue weighted by Crippen LogP contribution is -2.50. The summed E-state index contributed by atoms with van der Waals surface area (Å²) in [6.07, 6.45) is 5.46. The van der Waals surface area contributed by atoms with E-state index in [-0.39, 0.29) is 0 Å². The van der Waals surface area contributed by atoms with Crippen LogP contribution in [-0.2, 0) is 0 Å². The zero-order chi connectivity index (χ0) is 11.5. The molecule has 0 aliphatic carbocycles. The Labute approximate surface area is 100 Å². The Kier molecular flexibility index (Phi) is 4.22. The summed E-state index contributed by atoms with van der Waals surface area (Å²) in [6.45, 7) is 6.00. The SMILES string of the molecule is CC1CCC(N(C)CC2CCCN2C)CN1. The zero-order valence-electron chi connectivity index (χ0n) is 11.1. The van der Waals surface area contributed by atoms with Crippen molar-refractivity contribution in [1.82, 2.24) is 15.1 Å². The van der Waals surface area contributed by atoms with E-state index in [4.69, 9.17) is 0 Å². The summed E-state index contributed by atoms with van der Waals surface area (Å²) in [6, 6.07) is 2.27. The minimum atomic E-state index is 0.721. The highest BCUT2D eigenvalue weighted by atomic mass is 15.2. The third-order valence-corrected chi connectivity index (χ3v) is 4.43. The van der Waals surface area contributed by atoms with E-state index >= 15 is 0 Å². The number of nitrogens with one attached hydrogen (secondary N) is 1. The summed E-state index contributed by atoms with van der Waals surface area (Å²) in [5.74, 6) is 0. The normalized spacial score (nSPS) is 37.1. The van der Waals surface area contributed by atoms with Crippen LogP contribution < -0.4 is 5.32 Å². The number of likely N-dealkylation sites (tertiary alicyclic amines) is 1. The average Bonchev–Trinajstić information content (AvgIpc) is 2.65. The van der Waals surface area contributed by atoms with E-state index < -0.39 is 0 Å². The number of likely N-dealkylation sites (N-methyl/N-ethyl adjacent to an activating group) is 2. The molecule has 0 aromatic carbocycles. The van der Waals surface area contributed by atoms with E-state index in [1.165, 1.54) is 45.3 Å². The number of hydrogen-bond donors (Lipinski definition) is 1. The van der Waals surface area contributed by atoms with E-state index in [0.29, 0.717) is 0 Å². The number of nitrogens with zero attached hydrogens (tertiary/aromatic N) is 2. The van der Waals surface area contributed by atoms with Gasteiger partial charge in [0, 0.05) is 31.2 Å². The van der Waals surface area contributed by atoms with Gasteiger partial charge in [-0.05, 0) is 53.2 Å². The molecule has 2 aliphatic rings. The number of piperidine rings is 1. The molecule has 2 aliphatic heterocycles. The molecule has 16 heavy (non-hydrogen) atoms. The molecule has 2 saturated heterocycles. The van der Waals surface area contributed by atoms with Gasteiger partial charge in [0.05, 0.1) is 0 Å². The van der Waals surface area contributed by atoms with Crippen LogP contribution in [0.4, 0.5) is 0 Å². The molecular formula is C13H27N3. The first kappa shape index (κ1) is 12.3. The van der Waals surface area contributed by atoms with Crippen molar-refractivity contribution in [2.75, 3.05) is 33.7 Å². The highest BCUT2D eigenvalue weighted by molar-refractivity contribution is 4.85. The molecule has 0 bridgehead atoms. The summed E-state index contributed by atoms with van der Waals surface area (Å²) in [5, 5.41) is 3.59. The van der Waals surface area contributed by atoms with Crippen molar-refractivity contribution in [3.8, 4) is 0 Å². The highest BCUT2D eigenvalue weighted by Gasteiger charge is 2.26. The van der Waals surface area contributed by atoms with Crippen LogP contribution in [0, 0.1) is 0 Å². The lowest BCUT2D eigenvalue weighted by molar-refractivity contribution is 0.147. The fourth-order valence-electron chi connectivity index (χ4n) is 3.05. The third-order valence-electron chi connectivity index (χ3n) is 4.43. The van der Waals surface area contributed by atoms with Crippen LogP contribution in [0.2, 0.25) is 0 Å². The molecule has 0 saturated carbocycles. The molecule has 3 nitrogen and oxygen atoms in total. The van der Waals surface area contributed by atoms with Crippen LogP contribution in [0.25, 0.3) is 0 Å². The lowest BCUT2D eigenvalue weighted by atomic mass is 10.0. The van der Waals surface area contributed by atoms with Crippen LogP contribution in [0.3, 0.4) is 0 Å². The second-order valence-electron chi connectivity index (χ2n) is 5.76. The van der Waals surface area contributed by atoms with Crippen LogP contribution in [0.15, 0.2) is 0 Å². The highest BCUT2D eigenvalue weighted by Crippen LogP contribution is 2.18. The molecule has 94 valence electrons. The second-order valence-corrected chi connectivity index (χ2v) is 5.76. The van der Waals surface area contributed by atoms with Crippen molar-refractivity contribution in [2.24, 2.45) is 0 Å². The summed E-state index contributed by atoms with van der Waals surface area (Å²) >= 11 is 0. The van der Waals surface area contributed by atoms with Crippen LogP contribution >= 0.6 is 0 Å². The van der Waals surface area contributed by atoms with Crippen molar-refractivity contribution in [1.29, 1.82) is 0 Å². The molecular weight excluding hydrogens is 198 g/mol. The predicted octanol–water partition coefficient (Wildman–Crippen LogP) is 1.15. The van der Waals surface area contributed by atoms with Gasteiger partial charge < -0.3 is 15.1 Å². The monoisotopic (exact) mass is 225 g/mol. The Balaban J connectivity index is 1.76. The van der Waals surface area contributed by atoms with Gasteiger partial charge in [0.2, 0.25) is 0 Å². The van der Waals surface area contributed by atoms with E-state index in [9.17, 15) is 0 Å². The van der Waals surface area contributed by atoms with Crippen molar-refractivity contribution in [3.05, 3.63) is 0 Å². The van der Waals surface area contributed by atoms with Gasteiger partial charge in [0.25, 0.3) is 0 Å². The van der Waals surface area contributed by atoms with Crippen LogP contribution in [0.1, 0.15) is 32.6 Å². The van der Waals surface area contributed by atoms with Gasteiger partial charge in [-0.3, -0.25) is 0 Å². The maximum Gasteiger partial charge on any atom is 0.0220 e. The fourth-order valence-corrected chi connectivity index (χ4v) is 3.05. The Bertz CT molecular complexity index is 211. The molecule has 2 heterocycles. The smallest absolute Gasteiger partial charge is 0.0220 e. The Morgan fingerprint density at radius 2 is 2.12 bits per heavy atom. The van der Waals surface area contributed by atoms with E-state index in [1.807, 2.05) is 0 Å². The standard InChI is InChI=1S/C13H27N3/c1-11-6-7-12(9-14-11)16(3)10-13-5-4-8-15(13)2/h11-14H,4-10H2,1-3H3. The van der Waals surface area contributed by atoms with Gasteiger partial charge in [0.1, 0.15) is 0 Å². The molecule has 0 aromatic heterocycles. The Morgan fingerprint density at radius 3 is 2.69 bits per heavy atom. The average molecular weight is 225 g/mol. The minimum Gasteiger partial charge on any atom is -0.313 e. The molecule has 0 spiro atoms. The predicted molar refractivity (Wildman–Crippen MR) is 68.8 cm³/mol. The van der Waals surface area contributed by atoms with Gasteiger partial charge in [-0.15, -0.1) is 0 Å². The van der Waals surface area contributed by atoms with Gasteiger partial charge in [-0.1, -0.05) is 0 Å². The van der Waals surface area contributed by atoms with Crippen LogP contribution in [-0.4, -0.2) is 61.7 Å². The Hall–Kier alpha value is -0.120. The number of rotatable bonds is 3. The summed E-state index contributed by atoms with van der Waals surface area (Å²) in [4.78, 5) is 5.10. The van der Waals surface area contributed by atoms with Crippen molar-refractivity contribution in [3.63, 3.8) is 0 Å². The molecule has 3 heteroatoms. The molecule has 0 radical (unpaired) electrons. The summed E-state index contributed by atoms with van der Waals surface area (Å²) < 4.78 is 0. The van der Waals surface area contributed by atoms with E-state index in [1.54, 1.807) is 0 Å². The topological polar surface area (TPSA) is 18.5 Å². The molecule has 3 unspecified atom stereocenters. The van der Waals surface area contributed by atoms with Crippen LogP contribution in [0.5, 0.6) is 0 Å². The van der Waals surface area contributed by atoms with Crippen molar-refractivity contribution in [2.45, 2.75) is 50.7 Å². The first-order chi connectivity index (χ1) is 7.66. The van der Waals surface area contributed by atoms with Gasteiger partial charge >= 0.3 is 0 Å². The van der Waals surface area contributed by atoms with Crippen molar-refractivity contribution >= 4 is 0 Å². The largest absolute Gasteiger partial charge is 0.313 e. The third kappa shape index (κ3) is 2.96. The van der Waals surface area contributed by atoms with Gasteiger partial charge in [-0.2, -0.15) is 0 Å². The molecule has 3 atom stereocenters. The maximum absolute atomic E-state index is 3.59. The van der Waals surface area contributed by atoms with E-state index in [2.05, 4.69) is 36.1 Å². The molecule has 0 amide bonds. The minimum absolute atomic E-state index is 0.721. The lowest BCUT2D eigenvalue weighted by Gasteiger charge is -2.36. The molecule has 2 rings (SSSR count). The maximum atomic E-state index is 3.59. The van der Waals surface area contributed by atoms with E-state index in [0.717, 1.165) is 18.1 Å². The number of hydrogen-bond acceptors (Lipinski definition) is 3. The first-order valence-electron chi connectivity index (χ1n) is 6.80. The quantitative estimate of drug-likeness (QED) is 0.777. The molecule has 0 aromatic rings. The summed E-state index contributed by atoms with van der Waals surface area (Å²) in [7, 11) is 4.57. The molecule has 2 fully saturated rings. The zero-order valence-corrected chi connectivity index (χ0v) is 11.1. The first-order valence-corrected chi connectivity index (χ1v) is 6.80. The second kappa shape index (κ2) is 5.48. The van der Waals surface area contributed by atoms with Gasteiger partial charge in [0.15, 0.2) is 0 Å². The van der Waals surface area contributed by atoms with Crippen molar-refractivity contribution < 1.29 is 0 Å².